The maximum Gasteiger partial charge on any atom is 0.271 e. The molecule has 3 N–H and O–H groups in total. The Morgan fingerprint density at radius 2 is 1.54 bits per heavy atom. The monoisotopic (exact) mass is 435 g/mol. The molecule has 10 heteroatoms. The fourth-order valence-electron chi connectivity index (χ4n) is 2.24. The fourth-order valence-corrected chi connectivity index (χ4v) is 4.43. The van der Waals surface area contributed by atoms with Crippen LogP contribution < -0.4 is 15.6 Å². The molecule has 0 aliphatic heterocycles. The molecule has 0 spiro atoms. The number of rotatable bonds is 5. The normalized spacial score (nSPS) is 10.9. The lowest BCUT2D eigenvalue weighted by atomic mass is 10.2. The maximum absolute atomic E-state index is 12.4. The fraction of sp³-hybridized carbons (Fsp3) is 0. The summed E-state index contributed by atoms with van der Waals surface area (Å²) in [6, 6.07) is 15.3. The highest BCUT2D eigenvalue weighted by molar-refractivity contribution is 7.94. The topological polar surface area (TPSA) is 104 Å². The first-order chi connectivity index (χ1) is 13.4. The van der Waals surface area contributed by atoms with Gasteiger partial charge in [-0.15, -0.1) is 11.3 Å². The molecule has 0 radical (unpaired) electrons. The molecule has 0 bridgehead atoms. The van der Waals surface area contributed by atoms with Gasteiger partial charge in [0.2, 0.25) is 0 Å². The van der Waals surface area contributed by atoms with Gasteiger partial charge < -0.3 is 0 Å². The third-order valence-electron chi connectivity index (χ3n) is 3.57. The zero-order valence-electron chi connectivity index (χ0n) is 14.2. The van der Waals surface area contributed by atoms with Crippen LogP contribution in [0.25, 0.3) is 0 Å². The minimum Gasteiger partial charge on any atom is -0.278 e. The Bertz CT molecular complexity index is 1100. The summed E-state index contributed by atoms with van der Waals surface area (Å²) < 4.78 is 27.3. The second-order valence-electron chi connectivity index (χ2n) is 5.50. The van der Waals surface area contributed by atoms with Crippen LogP contribution in [0.4, 0.5) is 5.69 Å². The first kappa shape index (κ1) is 19.9. The molecule has 0 saturated heterocycles. The van der Waals surface area contributed by atoms with Crippen LogP contribution in [0, 0.1) is 0 Å². The number of anilines is 1. The minimum atomic E-state index is -3.82. The molecule has 144 valence electrons. The number of halogens is 1. The lowest BCUT2D eigenvalue weighted by Crippen LogP contribution is -2.41. The summed E-state index contributed by atoms with van der Waals surface area (Å²) in [6.07, 6.45) is 0. The van der Waals surface area contributed by atoms with Crippen LogP contribution in [0.3, 0.4) is 0 Å². The van der Waals surface area contributed by atoms with Crippen molar-refractivity contribution in [2.24, 2.45) is 0 Å². The second-order valence-corrected chi connectivity index (χ2v) is 8.79. The molecular formula is C18H14ClN3O4S2. The van der Waals surface area contributed by atoms with E-state index in [0.717, 1.165) is 11.3 Å². The molecule has 2 aromatic carbocycles. The van der Waals surface area contributed by atoms with Crippen LogP contribution in [-0.2, 0) is 10.0 Å². The molecule has 0 unspecified atom stereocenters. The quantitative estimate of drug-likeness (QED) is 0.535. The molecule has 0 aliphatic rings. The van der Waals surface area contributed by atoms with Crippen molar-refractivity contribution in [3.8, 4) is 0 Å². The third kappa shape index (κ3) is 4.69. The van der Waals surface area contributed by atoms with E-state index in [1.54, 1.807) is 35.7 Å². The summed E-state index contributed by atoms with van der Waals surface area (Å²) in [5, 5.41) is 2.12. The zero-order valence-corrected chi connectivity index (χ0v) is 16.6. The van der Waals surface area contributed by atoms with Crippen LogP contribution in [0.2, 0.25) is 5.02 Å². The predicted octanol–water partition coefficient (Wildman–Crippen LogP) is 3.28. The van der Waals surface area contributed by atoms with E-state index in [-0.39, 0.29) is 15.5 Å². The van der Waals surface area contributed by atoms with Crippen LogP contribution >= 0.6 is 22.9 Å². The number of benzene rings is 2. The van der Waals surface area contributed by atoms with E-state index in [0.29, 0.717) is 10.6 Å². The number of hydrazine groups is 1. The summed E-state index contributed by atoms with van der Waals surface area (Å²) in [5.41, 5.74) is 5.00. The Morgan fingerprint density at radius 3 is 2.21 bits per heavy atom. The van der Waals surface area contributed by atoms with Gasteiger partial charge in [-0.2, -0.15) is 0 Å². The largest absolute Gasteiger partial charge is 0.278 e. The van der Waals surface area contributed by atoms with E-state index in [4.69, 9.17) is 11.6 Å². The van der Waals surface area contributed by atoms with E-state index >= 15 is 0 Å². The predicted molar refractivity (Wildman–Crippen MR) is 108 cm³/mol. The lowest BCUT2D eigenvalue weighted by Gasteiger charge is -2.12. The average molecular weight is 436 g/mol. The number of hydrogen-bond donors (Lipinski definition) is 3. The van der Waals surface area contributed by atoms with E-state index < -0.39 is 21.8 Å². The number of nitrogens with one attached hydrogen (secondary N) is 3. The van der Waals surface area contributed by atoms with Crippen LogP contribution in [-0.4, -0.2) is 20.2 Å². The molecule has 0 saturated carbocycles. The Balaban J connectivity index is 1.72. The summed E-state index contributed by atoms with van der Waals surface area (Å²) in [7, 11) is -3.82. The highest BCUT2D eigenvalue weighted by Crippen LogP contribution is 2.22. The molecule has 3 rings (SSSR count). The van der Waals surface area contributed by atoms with E-state index in [2.05, 4.69) is 15.6 Å². The Labute approximate surface area is 170 Å². The number of hydrogen-bond acceptors (Lipinski definition) is 5. The molecule has 28 heavy (non-hydrogen) atoms. The van der Waals surface area contributed by atoms with Gasteiger partial charge in [0.1, 0.15) is 4.21 Å². The molecular weight excluding hydrogens is 422 g/mol. The van der Waals surface area contributed by atoms with Crippen molar-refractivity contribution in [3.05, 3.63) is 82.2 Å². The standard InChI is InChI=1S/C18H14ClN3O4S2/c19-13-9-7-12(8-10-13)17(23)20-21-18(24)14-4-1-2-5-15(14)22-28(25,26)16-6-3-11-27-16/h1-11,22H,(H,20,23)(H,21,24). The van der Waals surface area contributed by atoms with Gasteiger partial charge in [0.25, 0.3) is 21.8 Å². The van der Waals surface area contributed by atoms with Gasteiger partial charge in [0.05, 0.1) is 11.3 Å². The van der Waals surface area contributed by atoms with Crippen molar-refractivity contribution in [2.75, 3.05) is 4.72 Å². The first-order valence-electron chi connectivity index (χ1n) is 7.88. The number of carbonyl (C=O) groups is 2. The average Bonchev–Trinajstić information content (AvgIpc) is 3.22. The number of thiophene rings is 1. The van der Waals surface area contributed by atoms with Gasteiger partial charge in [-0.05, 0) is 47.8 Å². The highest BCUT2D eigenvalue weighted by atomic mass is 35.5. The van der Waals surface area contributed by atoms with E-state index in [9.17, 15) is 18.0 Å². The van der Waals surface area contributed by atoms with Crippen molar-refractivity contribution in [1.29, 1.82) is 0 Å². The molecule has 1 heterocycles. The van der Waals surface area contributed by atoms with Gasteiger partial charge in [-0.3, -0.25) is 25.2 Å². The number of para-hydroxylation sites is 1. The SMILES string of the molecule is O=C(NNC(=O)c1ccccc1NS(=O)(=O)c1cccs1)c1ccc(Cl)cc1. The lowest BCUT2D eigenvalue weighted by molar-refractivity contribution is 0.0847. The summed E-state index contributed by atoms with van der Waals surface area (Å²) in [5.74, 6) is -1.21. The number of sulfonamides is 1. The third-order valence-corrected chi connectivity index (χ3v) is 6.59. The van der Waals surface area contributed by atoms with E-state index in [1.807, 2.05) is 0 Å². The Hall–Kier alpha value is -2.88. The van der Waals surface area contributed by atoms with Gasteiger partial charge in [-0.1, -0.05) is 29.8 Å². The molecule has 1 aromatic heterocycles. The molecule has 3 aromatic rings. The van der Waals surface area contributed by atoms with Gasteiger partial charge in [0, 0.05) is 10.6 Å². The Morgan fingerprint density at radius 1 is 0.857 bits per heavy atom. The van der Waals surface area contributed by atoms with Crippen molar-refractivity contribution in [3.63, 3.8) is 0 Å². The number of carbonyl (C=O) groups excluding carboxylic acids is 2. The van der Waals surface area contributed by atoms with Crippen molar-refractivity contribution in [2.45, 2.75) is 4.21 Å². The van der Waals surface area contributed by atoms with Gasteiger partial charge >= 0.3 is 0 Å². The van der Waals surface area contributed by atoms with E-state index in [1.165, 1.54) is 30.3 Å². The van der Waals surface area contributed by atoms with Crippen LogP contribution in [0.1, 0.15) is 20.7 Å². The zero-order chi connectivity index (χ0) is 20.1. The molecule has 7 nitrogen and oxygen atoms in total. The number of amides is 2. The van der Waals surface area contributed by atoms with Crippen LogP contribution in [0.5, 0.6) is 0 Å². The summed E-state index contributed by atoms with van der Waals surface area (Å²) in [6.45, 7) is 0. The molecule has 0 fully saturated rings. The Kier molecular flexibility index (Phi) is 5.98. The minimum absolute atomic E-state index is 0.0547. The van der Waals surface area contributed by atoms with Gasteiger partial charge in [-0.25, -0.2) is 8.42 Å². The van der Waals surface area contributed by atoms with Gasteiger partial charge in [0.15, 0.2) is 0 Å². The summed E-state index contributed by atoms with van der Waals surface area (Å²) in [4.78, 5) is 24.5. The molecule has 0 atom stereocenters. The molecule has 2 amide bonds. The van der Waals surface area contributed by atoms with Crippen molar-refractivity contribution < 1.29 is 18.0 Å². The summed E-state index contributed by atoms with van der Waals surface area (Å²) >= 11 is 6.83. The van der Waals surface area contributed by atoms with Crippen LogP contribution in [0.15, 0.2) is 70.3 Å². The second kappa shape index (κ2) is 8.42. The van der Waals surface area contributed by atoms with Crippen molar-refractivity contribution in [1.82, 2.24) is 10.9 Å². The first-order valence-corrected chi connectivity index (χ1v) is 10.6. The maximum atomic E-state index is 12.4. The molecule has 0 aliphatic carbocycles. The van der Waals surface area contributed by atoms with Crippen molar-refractivity contribution >= 4 is 50.5 Å². The smallest absolute Gasteiger partial charge is 0.271 e. The highest BCUT2D eigenvalue weighted by Gasteiger charge is 2.19.